The van der Waals surface area contributed by atoms with E-state index in [0.717, 1.165) is 222 Å². The molecular formula is C111H174F2N18O4S. The molecule has 22 nitrogen and oxygen atoms in total. The van der Waals surface area contributed by atoms with E-state index >= 15 is 0 Å². The summed E-state index contributed by atoms with van der Waals surface area (Å²) in [5.74, 6) is 29.6. The van der Waals surface area contributed by atoms with Crippen LogP contribution in [0.5, 0.6) is 0 Å². The molecule has 9 aliphatic heterocycles. The highest BCUT2D eigenvalue weighted by Crippen LogP contribution is 2.38. The quantitative estimate of drug-likeness (QED) is 0.0787. The zero-order valence-corrected chi connectivity index (χ0v) is 88.5. The second kappa shape index (κ2) is 57.1. The van der Waals surface area contributed by atoms with Gasteiger partial charge in [-0.2, -0.15) is 22.1 Å². The third-order valence-electron chi connectivity index (χ3n) is 29.7. The monoisotopic (exact) mass is 1890 g/mol. The van der Waals surface area contributed by atoms with Gasteiger partial charge in [-0.1, -0.05) is 168 Å². The van der Waals surface area contributed by atoms with Crippen LogP contribution in [-0.2, 0) is 10.2 Å². The minimum absolute atomic E-state index is 0.0938. The Morgan fingerprint density at radius 2 is 0.801 bits per heavy atom. The third-order valence-corrected chi connectivity index (χ3v) is 31.6. The molecule has 13 atom stereocenters. The molecule has 4 N–H and O–H groups in total. The Hall–Kier alpha value is -9.58. The summed E-state index contributed by atoms with van der Waals surface area (Å²) in [4.78, 5) is 58.2. The summed E-state index contributed by atoms with van der Waals surface area (Å²) in [7, 11) is 3.61. The highest BCUT2D eigenvalue weighted by Gasteiger charge is 2.39. The zero-order chi connectivity index (χ0) is 101. The molecule has 0 aromatic carbocycles. The number of rotatable bonds is 16. The van der Waals surface area contributed by atoms with Crippen molar-refractivity contribution in [2.45, 2.75) is 221 Å². The maximum atomic E-state index is 14.1. The average Bonchev–Trinajstić information content (AvgIpc) is 0.816. The summed E-state index contributed by atoms with van der Waals surface area (Å²) in [5, 5.41) is 5.72. The smallest absolute Gasteiger partial charge is 0.340 e. The van der Waals surface area contributed by atoms with Gasteiger partial charge in [0.05, 0.1) is 31.2 Å². The number of nitrogens with zero attached hydrogens (tertiary/aromatic N) is 16. The van der Waals surface area contributed by atoms with Crippen molar-refractivity contribution in [1.29, 1.82) is 0 Å². The lowest BCUT2D eigenvalue weighted by Crippen LogP contribution is -2.48. The molecule has 0 bridgehead atoms. The van der Waals surface area contributed by atoms with E-state index in [2.05, 4.69) is 208 Å². The Balaban J connectivity index is 0.000000239. The van der Waals surface area contributed by atoms with Crippen molar-refractivity contribution < 1.29 is 26.8 Å². The van der Waals surface area contributed by atoms with E-state index in [-0.39, 0.29) is 23.9 Å². The molecule has 0 spiro atoms. The minimum atomic E-state index is -3.22. The molecule has 13 unspecified atom stereocenters. The first-order chi connectivity index (χ1) is 64.4. The molecule has 752 valence electrons. The van der Waals surface area contributed by atoms with Gasteiger partial charge in [-0.3, -0.25) is 0 Å². The Bertz CT molecular complexity index is 4450. The van der Waals surface area contributed by atoms with Gasteiger partial charge < -0.3 is 50.7 Å². The van der Waals surface area contributed by atoms with Gasteiger partial charge in [-0.25, -0.2) is 43.3 Å². The van der Waals surface area contributed by atoms with E-state index in [4.69, 9.17) is 43.6 Å². The number of piperidine rings is 8. The van der Waals surface area contributed by atoms with Gasteiger partial charge in [-0.15, -0.1) is 32.1 Å². The first-order valence-electron chi connectivity index (χ1n) is 50.7. The van der Waals surface area contributed by atoms with Gasteiger partial charge in [0.1, 0.15) is 35.6 Å². The van der Waals surface area contributed by atoms with Crippen molar-refractivity contribution in [3.63, 3.8) is 0 Å². The number of halogens is 2. The summed E-state index contributed by atoms with van der Waals surface area (Å²) < 4.78 is 55.0. The van der Waals surface area contributed by atoms with Crippen molar-refractivity contribution in [2.75, 3.05) is 159 Å². The SMILES string of the molecule is C#C/C(N)=C/C=C(\N)N1CCC(C(C)C)C(F)C1.C#Cc1ccc(N2CCC(C(C)C)C(C)C2)nc1.C#Cc1ccc(N2CCC(C(C)C)C(C)C2)nc1.C#Cc1ccc(N2CCC(C(C)C)C(F)C2)nc1.C#Cc1ccc(N2CCC(C(C)C)CC2)nc1.CC(C)C1CCCN(C(=O)N(C)C)C1.CC(C)C1CN(C(=O)N2CCC=N2)CCC1C.CC(C)C1CN(S(=O)(=O)N(C)C)CCC1C. The minimum Gasteiger partial charge on any atom is -0.392 e. The topological polar surface area (TPSA) is 220 Å². The number of terminal acetylenes is 5. The Morgan fingerprint density at radius 1 is 0.412 bits per heavy atom. The highest BCUT2D eigenvalue weighted by atomic mass is 32.2. The van der Waals surface area contributed by atoms with Crippen LogP contribution in [0.4, 0.5) is 41.6 Å². The number of urea groups is 2. The standard InChI is InChI=1S/2C16H22N2.C15H19FN2.C15H20N2.C14H22FN3.C13H23N3O.C11H24N2O2S.C11H22N2O/c2*1-5-14-6-7-16(17-10-14)18-9-8-15(12(2)3)13(4)11-18;1-4-12-5-6-15(17-9-12)18-8-7-13(11(2)3)14(16)10-18;1-4-13-5-6-15(16-11-13)17-9-7-14(8-10-17)12(2)3;1-4-11(16)5-6-14(17)18-8-7-12(10(2)3)13(15)9-18;1-10(2)12-9-15(8-5-11(12)3)13(17)16-7-4-6-14-16;1-9(2)11-8-13(7-6-10(11)3)16(14,15)12(4)5;1-9(2)10-6-5-7-13(8-10)11(14)12(3)4/h2*1,6-7,10,12-13,15H,8-9,11H2,2-4H3;1,5-6,9,11,13-14H,7-8,10H2,2-3H3;1,5-6,11-12,14H,7-10H2,2-3H3;1,5-6,10,12-13H,7-9,16-17H2,2-3H3;6,10-12H,4-5,7-9H2,1-3H3;9-11H,6-8H2,1-5H3;9-10H,5-8H2,1-4H3/b;;;;11-5-,14-6+;;;. The van der Waals surface area contributed by atoms with E-state index in [1.165, 1.54) is 36.4 Å². The van der Waals surface area contributed by atoms with Crippen LogP contribution in [0.25, 0.3) is 0 Å². The number of hydrogen-bond acceptors (Lipinski definition) is 16. The third kappa shape index (κ3) is 35.7. The fourth-order valence-corrected chi connectivity index (χ4v) is 21.7. The van der Waals surface area contributed by atoms with Gasteiger partial charge in [0.15, 0.2) is 0 Å². The number of allylic oxidation sites excluding steroid dienone is 3. The molecule has 4 aromatic heterocycles. The zero-order valence-electron chi connectivity index (χ0n) is 87.7. The molecule has 0 saturated carbocycles. The van der Waals surface area contributed by atoms with Crippen LogP contribution < -0.4 is 31.1 Å². The van der Waals surface area contributed by atoms with Crippen LogP contribution in [0.15, 0.2) is 102 Å². The summed E-state index contributed by atoms with van der Waals surface area (Å²) >= 11 is 0. The maximum absolute atomic E-state index is 14.1. The molecule has 13 heterocycles. The number of pyridine rings is 4. The van der Waals surface area contributed by atoms with Crippen molar-refractivity contribution in [3.05, 3.63) is 119 Å². The van der Waals surface area contributed by atoms with Crippen LogP contribution in [0.3, 0.4) is 0 Å². The number of amides is 4. The van der Waals surface area contributed by atoms with E-state index in [9.17, 15) is 26.8 Å². The molecule has 136 heavy (non-hydrogen) atoms. The van der Waals surface area contributed by atoms with Gasteiger partial charge >= 0.3 is 12.1 Å². The second-order valence-corrected chi connectivity index (χ2v) is 44.5. The van der Waals surface area contributed by atoms with Crippen LogP contribution >= 0.6 is 0 Å². The van der Waals surface area contributed by atoms with Gasteiger partial charge in [0.25, 0.3) is 10.2 Å². The molecule has 0 aliphatic carbocycles. The molecular weight excluding hydrogens is 1720 g/mol. The lowest BCUT2D eigenvalue weighted by molar-refractivity contribution is 0.0787. The number of alkyl halides is 2. The second-order valence-electron chi connectivity index (χ2n) is 42.4. The van der Waals surface area contributed by atoms with Crippen LogP contribution in [-0.4, -0.2) is 232 Å². The number of hydrazone groups is 1. The molecule has 4 aromatic rings. The van der Waals surface area contributed by atoms with Crippen LogP contribution in [0.2, 0.25) is 0 Å². The summed E-state index contributed by atoms with van der Waals surface area (Å²) in [6, 6.07) is 16.0. The molecule has 8 saturated heterocycles. The highest BCUT2D eigenvalue weighted by molar-refractivity contribution is 7.86. The van der Waals surface area contributed by atoms with Gasteiger partial charge in [0, 0.05) is 179 Å². The normalized spacial score (nSPS) is 24.6. The molecule has 4 amide bonds. The van der Waals surface area contributed by atoms with E-state index in [1.807, 2.05) is 88.4 Å². The van der Waals surface area contributed by atoms with E-state index in [1.54, 1.807) is 65.2 Å². The molecule has 8 fully saturated rings. The maximum Gasteiger partial charge on any atom is 0.340 e. The predicted octanol–water partition coefficient (Wildman–Crippen LogP) is 19.6. The average molecular weight is 1890 g/mol. The molecule has 0 radical (unpaired) electrons. The Morgan fingerprint density at radius 3 is 1.16 bits per heavy atom. The number of hydrogen-bond donors (Lipinski definition) is 2. The van der Waals surface area contributed by atoms with Crippen molar-refractivity contribution in [1.82, 2.24) is 53.2 Å². The molecule has 9 aliphatic rings. The molecule has 25 heteroatoms. The Labute approximate surface area is 823 Å². The van der Waals surface area contributed by atoms with E-state index < -0.39 is 22.6 Å². The van der Waals surface area contributed by atoms with Gasteiger partial charge in [-0.05, 0) is 243 Å². The van der Waals surface area contributed by atoms with Crippen LogP contribution in [0, 0.1) is 180 Å². The molecule has 13 rings (SSSR count). The fourth-order valence-electron chi connectivity index (χ4n) is 20.5. The predicted molar refractivity (Wildman–Crippen MR) is 563 cm³/mol. The van der Waals surface area contributed by atoms with Crippen molar-refractivity contribution in [3.8, 4) is 61.7 Å². The first-order valence-corrected chi connectivity index (χ1v) is 52.1. The number of carbonyl (C=O) groups excluding carboxylic acids is 2. The first kappa shape index (κ1) is 115. The van der Waals surface area contributed by atoms with Gasteiger partial charge in [0.2, 0.25) is 0 Å². The number of anilines is 4. The fraction of sp³-hybridized carbons (Fsp3) is 0.667. The summed E-state index contributed by atoms with van der Waals surface area (Å²) in [5.41, 5.74) is 15.0. The number of carbonyl (C=O) groups is 2. The number of nitrogens with two attached hydrogens (primary N) is 2. The van der Waals surface area contributed by atoms with E-state index in [0.29, 0.717) is 91.0 Å². The van der Waals surface area contributed by atoms with Crippen LogP contribution in [0.1, 0.15) is 231 Å². The van der Waals surface area contributed by atoms with Crippen molar-refractivity contribution >= 4 is 51.8 Å². The summed E-state index contributed by atoms with van der Waals surface area (Å²) in [6.45, 7) is 59.6. The largest absolute Gasteiger partial charge is 0.392 e. The Kier molecular flexibility index (Phi) is 48.3. The van der Waals surface area contributed by atoms with Crippen molar-refractivity contribution in [2.24, 2.45) is 135 Å². The number of aromatic nitrogens is 4. The number of likely N-dealkylation sites (tertiary alicyclic amines) is 3. The lowest BCUT2D eigenvalue weighted by atomic mass is 9.79. The lowest BCUT2D eigenvalue weighted by Gasteiger charge is -2.39. The summed E-state index contributed by atoms with van der Waals surface area (Å²) in [6.07, 6.45) is 49.1.